The summed E-state index contributed by atoms with van der Waals surface area (Å²) in [5.41, 5.74) is 2.83. The van der Waals surface area contributed by atoms with Gasteiger partial charge in [0, 0.05) is 18.3 Å². The minimum absolute atomic E-state index is 0.215. The molecule has 1 aliphatic rings. The fourth-order valence-electron chi connectivity index (χ4n) is 1.51. The molecule has 1 unspecified atom stereocenters. The molecule has 0 amide bonds. The van der Waals surface area contributed by atoms with Crippen LogP contribution < -0.4 is 0 Å². The Labute approximate surface area is 103 Å². The fraction of sp³-hybridized carbons (Fsp3) is 0.200. The smallest absolute Gasteiger partial charge is 0.0805 e. The summed E-state index contributed by atoms with van der Waals surface area (Å²) in [5, 5.41) is 0. The predicted octanol–water partition coefficient (Wildman–Crippen LogP) is 3.52. The summed E-state index contributed by atoms with van der Waals surface area (Å²) in [6.07, 6.45) is 11.5. The molecule has 2 heteroatoms. The van der Waals surface area contributed by atoms with Crippen LogP contribution in [0.2, 0.25) is 0 Å². The molecule has 0 fully saturated rings. The lowest BCUT2D eigenvalue weighted by molar-refractivity contribution is 1.01. The third-order valence-corrected chi connectivity index (χ3v) is 2.33. The average Bonchev–Trinajstić information content (AvgIpc) is 2.30. The van der Waals surface area contributed by atoms with Gasteiger partial charge in [-0.1, -0.05) is 31.4 Å². The molecule has 0 radical (unpaired) electrons. The van der Waals surface area contributed by atoms with Crippen LogP contribution in [0.5, 0.6) is 0 Å². The molecule has 0 heterocycles. The zero-order valence-corrected chi connectivity index (χ0v) is 10.3. The maximum atomic E-state index is 4.32. The van der Waals surface area contributed by atoms with Crippen molar-refractivity contribution in [2.75, 3.05) is 6.54 Å². The summed E-state index contributed by atoms with van der Waals surface area (Å²) in [6.45, 7) is 13.9. The van der Waals surface area contributed by atoms with E-state index in [9.17, 15) is 0 Å². The zero-order valence-electron chi connectivity index (χ0n) is 10.3. The number of hydrogen-bond acceptors (Lipinski definition) is 2. The summed E-state index contributed by atoms with van der Waals surface area (Å²) >= 11 is 0. The van der Waals surface area contributed by atoms with Gasteiger partial charge in [0.25, 0.3) is 0 Å². The first kappa shape index (κ1) is 13.1. The number of rotatable bonds is 5. The highest BCUT2D eigenvalue weighted by Crippen LogP contribution is 2.20. The van der Waals surface area contributed by atoms with Crippen LogP contribution in [0, 0.1) is 5.92 Å². The Bertz CT molecular complexity index is 434. The van der Waals surface area contributed by atoms with Gasteiger partial charge in [0.15, 0.2) is 0 Å². The van der Waals surface area contributed by atoms with Crippen molar-refractivity contribution in [3.8, 4) is 0 Å². The maximum absolute atomic E-state index is 4.32. The molecular weight excluding hydrogens is 208 g/mol. The highest BCUT2D eigenvalue weighted by Gasteiger charge is 2.08. The van der Waals surface area contributed by atoms with Gasteiger partial charge in [-0.15, -0.1) is 6.58 Å². The van der Waals surface area contributed by atoms with Gasteiger partial charge in [-0.05, 0) is 24.1 Å². The molecule has 0 spiro atoms. The summed E-state index contributed by atoms with van der Waals surface area (Å²) in [6, 6.07) is 0. The topological polar surface area (TPSA) is 24.7 Å². The second kappa shape index (κ2) is 6.59. The van der Waals surface area contributed by atoms with E-state index in [0.29, 0.717) is 6.54 Å². The SMILES string of the molecule is C=CC1C=CC(=C)C=C1C=NCC(=C)N=CC. The standard InChI is InChI=1S/C15H18N2/c1-5-14-8-7-12(3)9-15(14)11-16-10-13(4)17-6-2/h5-9,11,14H,1,3-4,10H2,2H3. The minimum Gasteiger partial charge on any atom is -0.287 e. The lowest BCUT2D eigenvalue weighted by Gasteiger charge is -2.13. The van der Waals surface area contributed by atoms with Crippen molar-refractivity contribution in [1.29, 1.82) is 0 Å². The van der Waals surface area contributed by atoms with Crippen LogP contribution in [-0.2, 0) is 0 Å². The van der Waals surface area contributed by atoms with Crippen molar-refractivity contribution in [3.05, 3.63) is 60.9 Å². The lowest BCUT2D eigenvalue weighted by Crippen LogP contribution is -2.03. The van der Waals surface area contributed by atoms with Crippen molar-refractivity contribution in [3.63, 3.8) is 0 Å². The second-order valence-corrected chi connectivity index (χ2v) is 3.76. The molecule has 0 saturated heterocycles. The molecule has 1 aliphatic carbocycles. The van der Waals surface area contributed by atoms with Gasteiger partial charge >= 0.3 is 0 Å². The van der Waals surface area contributed by atoms with E-state index in [2.05, 4.69) is 35.8 Å². The van der Waals surface area contributed by atoms with Gasteiger partial charge in [-0.3, -0.25) is 9.98 Å². The summed E-state index contributed by atoms with van der Waals surface area (Å²) < 4.78 is 0. The van der Waals surface area contributed by atoms with Gasteiger partial charge in [-0.25, -0.2) is 0 Å². The van der Waals surface area contributed by atoms with Gasteiger partial charge in [0.1, 0.15) is 0 Å². The normalized spacial score (nSPS) is 19.9. The monoisotopic (exact) mass is 226 g/mol. The number of allylic oxidation sites excluding steroid dienone is 6. The minimum atomic E-state index is 0.215. The Morgan fingerprint density at radius 2 is 2.29 bits per heavy atom. The molecule has 1 atom stereocenters. The Hall–Kier alpha value is -1.96. The highest BCUT2D eigenvalue weighted by atomic mass is 14.8. The predicted molar refractivity (Wildman–Crippen MR) is 76.7 cm³/mol. The van der Waals surface area contributed by atoms with Crippen LogP contribution in [0.25, 0.3) is 0 Å². The van der Waals surface area contributed by atoms with E-state index in [4.69, 9.17) is 0 Å². The molecule has 88 valence electrons. The number of nitrogens with zero attached hydrogens (tertiary/aromatic N) is 2. The molecule has 0 saturated carbocycles. The highest BCUT2D eigenvalue weighted by molar-refractivity contribution is 5.82. The van der Waals surface area contributed by atoms with Crippen LogP contribution in [0.3, 0.4) is 0 Å². The zero-order chi connectivity index (χ0) is 12.7. The van der Waals surface area contributed by atoms with Crippen LogP contribution in [-0.4, -0.2) is 19.0 Å². The molecule has 0 N–H and O–H groups in total. The Balaban J connectivity index is 2.66. The Morgan fingerprint density at radius 3 is 2.94 bits per heavy atom. The lowest BCUT2D eigenvalue weighted by atomic mass is 9.92. The third-order valence-electron chi connectivity index (χ3n) is 2.33. The van der Waals surface area contributed by atoms with Crippen LogP contribution in [0.1, 0.15) is 6.92 Å². The summed E-state index contributed by atoms with van der Waals surface area (Å²) in [5.74, 6) is 0.215. The van der Waals surface area contributed by atoms with E-state index in [1.54, 1.807) is 6.21 Å². The van der Waals surface area contributed by atoms with Gasteiger partial charge < -0.3 is 0 Å². The first-order valence-corrected chi connectivity index (χ1v) is 5.55. The Morgan fingerprint density at radius 1 is 1.53 bits per heavy atom. The molecule has 0 aliphatic heterocycles. The van der Waals surface area contributed by atoms with E-state index in [1.165, 1.54) is 0 Å². The number of hydrogen-bond donors (Lipinski definition) is 0. The van der Waals surface area contributed by atoms with E-state index >= 15 is 0 Å². The van der Waals surface area contributed by atoms with Crippen LogP contribution in [0.15, 0.2) is 70.9 Å². The Kier molecular flexibility index (Phi) is 5.08. The van der Waals surface area contributed by atoms with Gasteiger partial charge in [-0.2, -0.15) is 0 Å². The molecule has 0 aromatic rings. The average molecular weight is 226 g/mol. The van der Waals surface area contributed by atoms with Crippen LogP contribution in [0.4, 0.5) is 0 Å². The summed E-state index contributed by atoms with van der Waals surface area (Å²) in [4.78, 5) is 8.37. The molecule has 2 nitrogen and oxygen atoms in total. The maximum Gasteiger partial charge on any atom is 0.0805 e. The summed E-state index contributed by atoms with van der Waals surface area (Å²) in [7, 11) is 0. The fourth-order valence-corrected chi connectivity index (χ4v) is 1.51. The van der Waals surface area contributed by atoms with E-state index in [-0.39, 0.29) is 5.92 Å². The first-order chi connectivity index (χ1) is 8.17. The van der Waals surface area contributed by atoms with Gasteiger partial charge in [0.05, 0.1) is 12.2 Å². The molecular formula is C15H18N2. The molecule has 0 aromatic carbocycles. The van der Waals surface area contributed by atoms with Crippen molar-refractivity contribution < 1.29 is 0 Å². The largest absolute Gasteiger partial charge is 0.287 e. The van der Waals surface area contributed by atoms with E-state index in [0.717, 1.165) is 16.8 Å². The third kappa shape index (κ3) is 4.19. The molecule has 17 heavy (non-hydrogen) atoms. The van der Waals surface area contributed by atoms with Crippen molar-refractivity contribution >= 4 is 12.4 Å². The van der Waals surface area contributed by atoms with E-state index < -0.39 is 0 Å². The molecule has 1 rings (SSSR count). The quantitative estimate of drug-likeness (QED) is 0.506. The van der Waals surface area contributed by atoms with Crippen LogP contribution >= 0.6 is 0 Å². The molecule has 0 bridgehead atoms. The van der Waals surface area contributed by atoms with Gasteiger partial charge in [0.2, 0.25) is 0 Å². The van der Waals surface area contributed by atoms with Crippen molar-refractivity contribution in [2.24, 2.45) is 15.9 Å². The first-order valence-electron chi connectivity index (χ1n) is 5.55. The van der Waals surface area contributed by atoms with Crippen molar-refractivity contribution in [2.45, 2.75) is 6.92 Å². The second-order valence-electron chi connectivity index (χ2n) is 3.76. The number of aliphatic imine (C=N–C) groups is 2. The van der Waals surface area contributed by atoms with Crippen molar-refractivity contribution in [1.82, 2.24) is 0 Å². The molecule has 0 aromatic heterocycles. The van der Waals surface area contributed by atoms with E-state index in [1.807, 2.05) is 31.4 Å².